The number of aliphatic imine (C=N–C) groups is 1. The highest BCUT2D eigenvalue weighted by Crippen LogP contribution is 2.35. The summed E-state index contributed by atoms with van der Waals surface area (Å²) in [4.78, 5) is 4.74. The molecule has 0 aromatic heterocycles. The Hall–Kier alpha value is -1.91. The maximum absolute atomic E-state index is 5.69. The quantitative estimate of drug-likeness (QED) is 0.647. The molecular weight excluding hydrogens is 290 g/mol. The van der Waals surface area contributed by atoms with Crippen molar-refractivity contribution < 1.29 is 9.47 Å². The van der Waals surface area contributed by atoms with Crippen LogP contribution >= 0.6 is 0 Å². The highest BCUT2D eigenvalue weighted by atomic mass is 16.6. The van der Waals surface area contributed by atoms with Gasteiger partial charge in [-0.3, -0.25) is 4.99 Å². The van der Waals surface area contributed by atoms with E-state index in [9.17, 15) is 0 Å². The van der Waals surface area contributed by atoms with Crippen LogP contribution in [-0.4, -0.2) is 38.3 Å². The summed E-state index contributed by atoms with van der Waals surface area (Å²) in [6, 6.07) is 6.52. The lowest BCUT2D eigenvalue weighted by atomic mass is 9.84. The van der Waals surface area contributed by atoms with Gasteiger partial charge in [0.05, 0.1) is 6.54 Å². The van der Waals surface area contributed by atoms with Crippen molar-refractivity contribution in [3.8, 4) is 11.5 Å². The van der Waals surface area contributed by atoms with Gasteiger partial charge in [0, 0.05) is 18.0 Å². The van der Waals surface area contributed by atoms with Crippen LogP contribution < -0.4 is 20.1 Å². The average molecular weight is 319 g/mol. The third kappa shape index (κ3) is 4.78. The minimum Gasteiger partial charge on any atom is -0.486 e. The SMILES string of the molecule is CCNC(=NCC(C)(C)c1ccc2c(c1)OCCO2)NC(C)C. The zero-order valence-corrected chi connectivity index (χ0v) is 14.9. The highest BCUT2D eigenvalue weighted by molar-refractivity contribution is 5.80. The van der Waals surface area contributed by atoms with Gasteiger partial charge in [0.15, 0.2) is 17.5 Å². The number of benzene rings is 1. The lowest BCUT2D eigenvalue weighted by Crippen LogP contribution is -2.41. The summed E-state index contributed by atoms with van der Waals surface area (Å²) < 4.78 is 11.3. The molecule has 5 heteroatoms. The van der Waals surface area contributed by atoms with Crippen LogP contribution in [0.4, 0.5) is 0 Å². The Morgan fingerprint density at radius 2 is 1.91 bits per heavy atom. The van der Waals surface area contributed by atoms with Crippen molar-refractivity contribution in [2.45, 2.75) is 46.1 Å². The fourth-order valence-corrected chi connectivity index (χ4v) is 2.43. The molecule has 2 N–H and O–H groups in total. The van der Waals surface area contributed by atoms with Crippen molar-refractivity contribution in [2.24, 2.45) is 4.99 Å². The van der Waals surface area contributed by atoms with Gasteiger partial charge in [-0.1, -0.05) is 19.9 Å². The molecule has 1 aliphatic rings. The molecule has 0 spiro atoms. The van der Waals surface area contributed by atoms with Crippen LogP contribution in [-0.2, 0) is 5.41 Å². The summed E-state index contributed by atoms with van der Waals surface area (Å²) in [5.41, 5.74) is 1.11. The molecule has 5 nitrogen and oxygen atoms in total. The van der Waals surface area contributed by atoms with Crippen LogP contribution in [0.15, 0.2) is 23.2 Å². The van der Waals surface area contributed by atoms with E-state index in [-0.39, 0.29) is 5.41 Å². The van der Waals surface area contributed by atoms with E-state index in [0.29, 0.717) is 25.8 Å². The minimum atomic E-state index is -0.0881. The largest absolute Gasteiger partial charge is 0.486 e. The molecule has 0 amide bonds. The minimum absolute atomic E-state index is 0.0881. The Labute approximate surface area is 139 Å². The van der Waals surface area contributed by atoms with E-state index < -0.39 is 0 Å². The van der Waals surface area contributed by atoms with E-state index in [1.165, 1.54) is 5.56 Å². The normalized spacial score (nSPS) is 14.8. The molecule has 1 heterocycles. The molecule has 2 rings (SSSR count). The Bertz CT molecular complexity index is 553. The second-order valence-corrected chi connectivity index (χ2v) is 6.74. The van der Waals surface area contributed by atoms with Crippen LogP contribution in [0.3, 0.4) is 0 Å². The fourth-order valence-electron chi connectivity index (χ4n) is 2.43. The molecule has 1 aromatic carbocycles. The predicted molar refractivity (Wildman–Crippen MR) is 94.7 cm³/mol. The van der Waals surface area contributed by atoms with Crippen molar-refractivity contribution in [1.29, 1.82) is 0 Å². The molecule has 1 aliphatic heterocycles. The first-order valence-electron chi connectivity index (χ1n) is 8.37. The monoisotopic (exact) mass is 319 g/mol. The van der Waals surface area contributed by atoms with Gasteiger partial charge in [-0.25, -0.2) is 0 Å². The molecular formula is C18H29N3O2. The third-order valence-electron chi connectivity index (χ3n) is 3.73. The highest BCUT2D eigenvalue weighted by Gasteiger charge is 2.23. The van der Waals surface area contributed by atoms with E-state index in [0.717, 1.165) is 24.0 Å². The summed E-state index contributed by atoms with van der Waals surface area (Å²) in [7, 11) is 0. The van der Waals surface area contributed by atoms with E-state index in [4.69, 9.17) is 14.5 Å². The van der Waals surface area contributed by atoms with Gasteiger partial charge in [0.2, 0.25) is 0 Å². The van der Waals surface area contributed by atoms with E-state index >= 15 is 0 Å². The summed E-state index contributed by atoms with van der Waals surface area (Å²) in [5, 5.41) is 6.63. The number of hydrogen-bond acceptors (Lipinski definition) is 3. The Balaban J connectivity index is 2.13. The lowest BCUT2D eigenvalue weighted by molar-refractivity contribution is 0.171. The second-order valence-electron chi connectivity index (χ2n) is 6.74. The number of nitrogens with one attached hydrogen (secondary N) is 2. The number of fused-ring (bicyclic) bond motifs is 1. The molecule has 0 bridgehead atoms. The Morgan fingerprint density at radius 1 is 1.22 bits per heavy atom. The van der Waals surface area contributed by atoms with E-state index in [1.54, 1.807) is 0 Å². The Kier molecular flexibility index (Phi) is 5.74. The van der Waals surface area contributed by atoms with Crippen LogP contribution in [0, 0.1) is 0 Å². The molecule has 0 fully saturated rings. The molecule has 0 atom stereocenters. The zero-order valence-electron chi connectivity index (χ0n) is 14.9. The third-order valence-corrected chi connectivity index (χ3v) is 3.73. The van der Waals surface area contributed by atoms with E-state index in [1.807, 2.05) is 6.07 Å². The maximum atomic E-state index is 5.69. The van der Waals surface area contributed by atoms with Crippen LogP contribution in [0.2, 0.25) is 0 Å². The molecule has 0 saturated carbocycles. The maximum Gasteiger partial charge on any atom is 0.191 e. The zero-order chi connectivity index (χ0) is 16.9. The molecule has 128 valence electrons. The van der Waals surface area contributed by atoms with Gasteiger partial charge in [-0.15, -0.1) is 0 Å². The van der Waals surface area contributed by atoms with Crippen molar-refractivity contribution in [3.63, 3.8) is 0 Å². The van der Waals surface area contributed by atoms with Gasteiger partial charge in [0.25, 0.3) is 0 Å². The van der Waals surface area contributed by atoms with Gasteiger partial charge in [-0.05, 0) is 38.5 Å². The standard InChI is InChI=1S/C18H29N3O2/c1-6-19-17(21-13(2)3)20-12-18(4,5)14-7-8-15-16(11-14)23-10-9-22-15/h7-8,11,13H,6,9-10,12H2,1-5H3,(H2,19,20,21). The molecule has 0 unspecified atom stereocenters. The number of rotatable bonds is 5. The first kappa shape index (κ1) is 17.4. The molecule has 23 heavy (non-hydrogen) atoms. The number of guanidine groups is 1. The van der Waals surface area contributed by atoms with Crippen molar-refractivity contribution >= 4 is 5.96 Å². The van der Waals surface area contributed by atoms with Gasteiger partial charge < -0.3 is 20.1 Å². The lowest BCUT2D eigenvalue weighted by Gasteiger charge is -2.26. The number of nitrogens with zero attached hydrogens (tertiary/aromatic N) is 1. The predicted octanol–water partition coefficient (Wildman–Crippen LogP) is 2.70. The summed E-state index contributed by atoms with van der Waals surface area (Å²) in [6.07, 6.45) is 0. The van der Waals surface area contributed by atoms with E-state index in [2.05, 4.69) is 57.4 Å². The first-order valence-corrected chi connectivity index (χ1v) is 8.37. The van der Waals surface area contributed by atoms with Crippen LogP contribution in [0.25, 0.3) is 0 Å². The van der Waals surface area contributed by atoms with Crippen molar-refractivity contribution in [2.75, 3.05) is 26.3 Å². The fraction of sp³-hybridized carbons (Fsp3) is 0.611. The summed E-state index contributed by atoms with van der Waals surface area (Å²) in [5.74, 6) is 2.51. The van der Waals surface area contributed by atoms with Gasteiger partial charge in [0.1, 0.15) is 13.2 Å². The van der Waals surface area contributed by atoms with Gasteiger partial charge in [-0.2, -0.15) is 0 Å². The van der Waals surface area contributed by atoms with Crippen LogP contribution in [0.1, 0.15) is 40.2 Å². The Morgan fingerprint density at radius 3 is 2.57 bits per heavy atom. The van der Waals surface area contributed by atoms with Gasteiger partial charge >= 0.3 is 0 Å². The number of hydrogen-bond donors (Lipinski definition) is 2. The molecule has 0 radical (unpaired) electrons. The molecule has 0 aliphatic carbocycles. The smallest absolute Gasteiger partial charge is 0.191 e. The van der Waals surface area contributed by atoms with Crippen LogP contribution in [0.5, 0.6) is 11.5 Å². The second kappa shape index (κ2) is 7.57. The summed E-state index contributed by atoms with van der Waals surface area (Å²) >= 11 is 0. The topological polar surface area (TPSA) is 54.9 Å². The molecule has 1 aromatic rings. The summed E-state index contributed by atoms with van der Waals surface area (Å²) in [6.45, 7) is 13.4. The number of ether oxygens (including phenoxy) is 2. The molecule has 0 saturated heterocycles. The van der Waals surface area contributed by atoms with Crippen molar-refractivity contribution in [3.05, 3.63) is 23.8 Å². The van der Waals surface area contributed by atoms with Crippen molar-refractivity contribution in [1.82, 2.24) is 10.6 Å². The first-order chi connectivity index (χ1) is 10.9. The average Bonchev–Trinajstić information content (AvgIpc) is 2.52.